The average molecular weight is 556 g/mol. The first-order chi connectivity index (χ1) is 15.8. The summed E-state index contributed by atoms with van der Waals surface area (Å²) in [6.45, 7) is 3.84. The molecule has 1 fully saturated rings. The number of hydrogen-bond donors (Lipinski definition) is 1. The lowest BCUT2D eigenvalue weighted by Gasteiger charge is -2.30. The Morgan fingerprint density at radius 1 is 1.12 bits per heavy atom. The first-order valence-electron chi connectivity index (χ1n) is 11.2. The summed E-state index contributed by atoms with van der Waals surface area (Å²) in [5.74, 6) is 0.128. The molecule has 1 aliphatic rings. The second-order valence-corrected chi connectivity index (χ2v) is 10.0. The van der Waals surface area contributed by atoms with E-state index in [1.165, 1.54) is 10.5 Å². The molecule has 0 radical (unpaired) electrons. The van der Waals surface area contributed by atoms with E-state index in [4.69, 9.17) is 27.9 Å². The number of ether oxygens (including phenoxy) is 1. The van der Waals surface area contributed by atoms with Crippen molar-refractivity contribution in [2.75, 3.05) is 6.61 Å². The van der Waals surface area contributed by atoms with Crippen LogP contribution in [0.25, 0.3) is 0 Å². The van der Waals surface area contributed by atoms with Crippen LogP contribution in [0, 0.1) is 0 Å². The highest BCUT2D eigenvalue weighted by molar-refractivity contribution is 9.10. The Kier molecular flexibility index (Phi) is 9.47. The molecule has 1 N–H and O–H groups in total. The van der Waals surface area contributed by atoms with Crippen LogP contribution in [-0.2, 0) is 22.6 Å². The normalized spacial score (nSPS) is 14.7. The lowest BCUT2D eigenvalue weighted by atomic mass is 10.1. The smallest absolute Gasteiger partial charge is 0.261 e. The van der Waals surface area contributed by atoms with Gasteiger partial charge in [0.05, 0.1) is 14.5 Å². The van der Waals surface area contributed by atoms with Crippen molar-refractivity contribution in [3.63, 3.8) is 0 Å². The minimum Gasteiger partial charge on any atom is -0.483 e. The number of nitrogens with one attached hydrogen (secondary N) is 1. The van der Waals surface area contributed by atoms with Gasteiger partial charge in [0.1, 0.15) is 11.8 Å². The van der Waals surface area contributed by atoms with Gasteiger partial charge in [0, 0.05) is 12.6 Å². The molecule has 2 aromatic carbocycles. The van der Waals surface area contributed by atoms with Gasteiger partial charge >= 0.3 is 0 Å². The molecule has 33 heavy (non-hydrogen) atoms. The van der Waals surface area contributed by atoms with Crippen LogP contribution in [0.4, 0.5) is 0 Å². The Morgan fingerprint density at radius 2 is 1.82 bits per heavy atom. The summed E-state index contributed by atoms with van der Waals surface area (Å²) in [7, 11) is 0. The van der Waals surface area contributed by atoms with Crippen LogP contribution in [0.3, 0.4) is 0 Å². The second-order valence-electron chi connectivity index (χ2n) is 8.34. The maximum absolute atomic E-state index is 13.2. The van der Waals surface area contributed by atoms with E-state index in [0.29, 0.717) is 15.8 Å². The van der Waals surface area contributed by atoms with Crippen LogP contribution in [0.5, 0.6) is 5.75 Å². The summed E-state index contributed by atoms with van der Waals surface area (Å²) >= 11 is 15.7. The van der Waals surface area contributed by atoms with Gasteiger partial charge in [-0.2, -0.15) is 0 Å². The molecule has 2 amide bonds. The Labute approximate surface area is 213 Å². The highest BCUT2D eigenvalue weighted by Gasteiger charge is 2.29. The first-order valence-corrected chi connectivity index (χ1v) is 12.8. The molecule has 1 saturated carbocycles. The summed E-state index contributed by atoms with van der Waals surface area (Å²) in [5, 5.41) is 3.93. The molecule has 8 heteroatoms. The van der Waals surface area contributed by atoms with Gasteiger partial charge in [0.15, 0.2) is 6.61 Å². The Morgan fingerprint density at radius 3 is 2.45 bits per heavy atom. The van der Waals surface area contributed by atoms with E-state index in [1.807, 2.05) is 18.2 Å². The van der Waals surface area contributed by atoms with Gasteiger partial charge < -0.3 is 15.0 Å². The lowest BCUT2D eigenvalue weighted by Crippen LogP contribution is -2.50. The highest BCUT2D eigenvalue weighted by atomic mass is 79.9. The summed E-state index contributed by atoms with van der Waals surface area (Å²) in [5.41, 5.74) is 1.95. The van der Waals surface area contributed by atoms with E-state index in [0.717, 1.165) is 42.1 Å². The van der Waals surface area contributed by atoms with Crippen molar-refractivity contribution in [3.8, 4) is 5.75 Å². The molecular weight excluding hydrogens is 527 g/mol. The molecule has 0 aromatic heterocycles. The van der Waals surface area contributed by atoms with Crippen molar-refractivity contribution in [2.45, 2.75) is 64.6 Å². The SMILES string of the molecule is CCc1ccc(OCC(=O)N(Cc2ccc(Cl)c(Cl)c2)[C@@H](C)C(=O)NC2CCCC2)c(Br)c1. The maximum Gasteiger partial charge on any atom is 0.261 e. The molecule has 0 bridgehead atoms. The standard InChI is InChI=1S/C25H29BrCl2N2O3/c1-3-17-9-11-23(20(26)12-17)33-15-24(31)30(14-18-8-10-21(27)22(28)13-18)16(2)25(32)29-19-6-4-5-7-19/h8-13,16,19H,3-7,14-15H2,1-2H3,(H,29,32)/t16-/m0/s1. The van der Waals surface area contributed by atoms with E-state index in [2.05, 4.69) is 28.2 Å². The van der Waals surface area contributed by atoms with Gasteiger partial charge in [-0.1, -0.05) is 55.1 Å². The summed E-state index contributed by atoms with van der Waals surface area (Å²) in [4.78, 5) is 27.7. The molecule has 5 nitrogen and oxygen atoms in total. The predicted octanol–water partition coefficient (Wildman–Crippen LogP) is 6.17. The molecule has 178 valence electrons. The number of carbonyl (C=O) groups is 2. The number of halogens is 3. The summed E-state index contributed by atoms with van der Waals surface area (Å²) < 4.78 is 6.60. The van der Waals surface area contributed by atoms with Crippen molar-refractivity contribution in [2.24, 2.45) is 0 Å². The van der Waals surface area contributed by atoms with Crippen LogP contribution < -0.4 is 10.1 Å². The van der Waals surface area contributed by atoms with Crippen LogP contribution in [0.2, 0.25) is 10.0 Å². The number of rotatable bonds is 9. The molecule has 0 saturated heterocycles. The molecular formula is C25H29BrCl2N2O3. The average Bonchev–Trinajstić information content (AvgIpc) is 3.31. The molecule has 0 aliphatic heterocycles. The molecule has 0 spiro atoms. The summed E-state index contributed by atoms with van der Waals surface area (Å²) in [6, 6.07) is 10.5. The predicted molar refractivity (Wildman–Crippen MR) is 136 cm³/mol. The minimum atomic E-state index is -0.665. The number of carbonyl (C=O) groups excluding carboxylic acids is 2. The summed E-state index contributed by atoms with van der Waals surface area (Å²) in [6.07, 6.45) is 5.09. The van der Waals surface area contributed by atoms with Gasteiger partial charge in [-0.3, -0.25) is 9.59 Å². The van der Waals surface area contributed by atoms with Crippen LogP contribution >= 0.6 is 39.1 Å². The second kappa shape index (κ2) is 12.1. The zero-order valence-electron chi connectivity index (χ0n) is 18.9. The number of nitrogens with zero attached hydrogens (tertiary/aromatic N) is 1. The van der Waals surface area contributed by atoms with Gasteiger partial charge in [-0.05, 0) is 77.5 Å². The van der Waals surface area contributed by atoms with Gasteiger partial charge in [0.25, 0.3) is 5.91 Å². The third kappa shape index (κ3) is 7.11. The van der Waals surface area contributed by atoms with Gasteiger partial charge in [-0.15, -0.1) is 0 Å². The largest absolute Gasteiger partial charge is 0.483 e. The van der Waals surface area contributed by atoms with E-state index in [9.17, 15) is 9.59 Å². The van der Waals surface area contributed by atoms with Crippen LogP contribution in [0.15, 0.2) is 40.9 Å². The highest BCUT2D eigenvalue weighted by Crippen LogP contribution is 2.27. The molecule has 1 atom stereocenters. The van der Waals surface area contributed by atoms with E-state index in [-0.39, 0.29) is 31.0 Å². The molecule has 2 aromatic rings. The Bertz CT molecular complexity index is 996. The fraction of sp³-hybridized carbons (Fsp3) is 0.440. The van der Waals surface area contributed by atoms with Crippen molar-refractivity contribution in [3.05, 3.63) is 62.0 Å². The number of amides is 2. The minimum absolute atomic E-state index is 0.163. The number of hydrogen-bond acceptors (Lipinski definition) is 3. The quantitative estimate of drug-likeness (QED) is 0.402. The third-order valence-electron chi connectivity index (χ3n) is 5.96. The third-order valence-corrected chi connectivity index (χ3v) is 7.32. The molecule has 0 heterocycles. The van der Waals surface area contributed by atoms with E-state index >= 15 is 0 Å². The lowest BCUT2D eigenvalue weighted by molar-refractivity contribution is -0.142. The van der Waals surface area contributed by atoms with Crippen LogP contribution in [-0.4, -0.2) is 35.4 Å². The van der Waals surface area contributed by atoms with Crippen molar-refractivity contribution in [1.82, 2.24) is 10.2 Å². The zero-order chi connectivity index (χ0) is 24.0. The maximum atomic E-state index is 13.2. The Hall–Kier alpha value is -1.76. The molecule has 0 unspecified atom stereocenters. The van der Waals surface area contributed by atoms with Gasteiger partial charge in [0.2, 0.25) is 5.91 Å². The molecule has 3 rings (SSSR count). The fourth-order valence-electron chi connectivity index (χ4n) is 3.91. The van der Waals surface area contributed by atoms with Crippen molar-refractivity contribution >= 4 is 50.9 Å². The topological polar surface area (TPSA) is 58.6 Å². The van der Waals surface area contributed by atoms with Crippen molar-refractivity contribution in [1.29, 1.82) is 0 Å². The monoisotopic (exact) mass is 554 g/mol. The Balaban J connectivity index is 1.74. The van der Waals surface area contributed by atoms with E-state index < -0.39 is 6.04 Å². The van der Waals surface area contributed by atoms with Gasteiger partial charge in [-0.25, -0.2) is 0 Å². The number of benzene rings is 2. The first kappa shape index (κ1) is 25.9. The van der Waals surface area contributed by atoms with Crippen LogP contribution in [0.1, 0.15) is 50.7 Å². The zero-order valence-corrected chi connectivity index (χ0v) is 22.0. The van der Waals surface area contributed by atoms with Crippen molar-refractivity contribution < 1.29 is 14.3 Å². The van der Waals surface area contributed by atoms with E-state index in [1.54, 1.807) is 25.1 Å². The molecule has 1 aliphatic carbocycles. The fourth-order valence-corrected chi connectivity index (χ4v) is 4.77. The number of aryl methyl sites for hydroxylation is 1.